The number of rotatable bonds is 5. The van der Waals surface area contributed by atoms with Gasteiger partial charge in [-0.25, -0.2) is 0 Å². The lowest BCUT2D eigenvalue weighted by atomic mass is 10.2. The van der Waals surface area contributed by atoms with E-state index >= 15 is 0 Å². The minimum atomic E-state index is -0.750. The number of aliphatic hydroxyl groups is 1. The molecular formula is C8H13NO2. The third kappa shape index (κ3) is 5.36. The molecule has 2 N–H and O–H groups in total. The largest absolute Gasteiger partial charge is 0.389 e. The van der Waals surface area contributed by atoms with E-state index in [0.29, 0.717) is 6.54 Å². The Morgan fingerprint density at radius 3 is 2.73 bits per heavy atom. The van der Waals surface area contributed by atoms with Crippen LogP contribution in [0.1, 0.15) is 6.42 Å². The van der Waals surface area contributed by atoms with E-state index in [-0.39, 0.29) is 12.3 Å². The Balaban J connectivity index is 3.51. The molecular weight excluding hydrogens is 142 g/mol. The van der Waals surface area contributed by atoms with Gasteiger partial charge in [0, 0.05) is 6.54 Å². The van der Waals surface area contributed by atoms with E-state index in [1.807, 2.05) is 0 Å². The van der Waals surface area contributed by atoms with Crippen molar-refractivity contribution in [3.8, 4) is 0 Å². The van der Waals surface area contributed by atoms with Gasteiger partial charge in [0.25, 0.3) is 0 Å². The van der Waals surface area contributed by atoms with Crippen LogP contribution in [0, 0.1) is 0 Å². The van der Waals surface area contributed by atoms with Crippen LogP contribution >= 0.6 is 0 Å². The minimum Gasteiger partial charge on any atom is -0.389 e. The summed E-state index contributed by atoms with van der Waals surface area (Å²) in [5.74, 6) is -0.197. The molecule has 0 saturated heterocycles. The summed E-state index contributed by atoms with van der Waals surface area (Å²) >= 11 is 0. The molecule has 0 aliphatic rings. The molecule has 3 nitrogen and oxygen atoms in total. The van der Waals surface area contributed by atoms with Gasteiger partial charge in [-0.05, 0) is 0 Å². The fourth-order valence-electron chi connectivity index (χ4n) is 0.531. The Morgan fingerprint density at radius 1 is 1.64 bits per heavy atom. The number of nitrogens with one attached hydrogen (secondary N) is 1. The molecule has 3 heteroatoms. The number of carbonyl (C=O) groups excluding carboxylic acids is 1. The van der Waals surface area contributed by atoms with Crippen LogP contribution in [0.15, 0.2) is 25.3 Å². The second-order valence-electron chi connectivity index (χ2n) is 2.10. The molecule has 62 valence electrons. The summed E-state index contributed by atoms with van der Waals surface area (Å²) in [4.78, 5) is 10.8. The predicted molar refractivity (Wildman–Crippen MR) is 44.0 cm³/mol. The molecule has 1 atom stereocenters. The van der Waals surface area contributed by atoms with Crippen molar-refractivity contribution in [3.05, 3.63) is 25.3 Å². The van der Waals surface area contributed by atoms with Crippen LogP contribution in [-0.2, 0) is 4.79 Å². The number of amides is 1. The van der Waals surface area contributed by atoms with Crippen LogP contribution in [-0.4, -0.2) is 23.7 Å². The molecule has 0 aliphatic heterocycles. The number of carbonyl (C=O) groups is 1. The SMILES string of the molecule is C=CCNC(=O)CC(O)C=C. The first-order chi connectivity index (χ1) is 5.20. The molecule has 0 radical (unpaired) electrons. The zero-order valence-corrected chi connectivity index (χ0v) is 6.42. The highest BCUT2D eigenvalue weighted by atomic mass is 16.3. The highest BCUT2D eigenvalue weighted by molar-refractivity contribution is 5.76. The maximum Gasteiger partial charge on any atom is 0.223 e. The monoisotopic (exact) mass is 155 g/mol. The molecule has 0 rings (SSSR count). The normalized spacial score (nSPS) is 11.7. The highest BCUT2D eigenvalue weighted by Crippen LogP contribution is 1.90. The second-order valence-corrected chi connectivity index (χ2v) is 2.10. The molecule has 1 amide bonds. The second kappa shape index (κ2) is 5.68. The zero-order chi connectivity index (χ0) is 8.69. The van der Waals surface area contributed by atoms with Crippen LogP contribution < -0.4 is 5.32 Å². The number of hydrogen-bond acceptors (Lipinski definition) is 2. The third-order valence-corrected chi connectivity index (χ3v) is 1.11. The first kappa shape index (κ1) is 9.91. The first-order valence-corrected chi connectivity index (χ1v) is 3.39. The Labute approximate surface area is 66.4 Å². The van der Waals surface area contributed by atoms with Crippen molar-refractivity contribution in [3.63, 3.8) is 0 Å². The van der Waals surface area contributed by atoms with E-state index in [9.17, 15) is 4.79 Å². The Bertz CT molecular complexity index is 154. The smallest absolute Gasteiger partial charge is 0.223 e. The van der Waals surface area contributed by atoms with Crippen molar-refractivity contribution >= 4 is 5.91 Å². The van der Waals surface area contributed by atoms with Crippen LogP contribution in [0.3, 0.4) is 0 Å². The fraction of sp³-hybridized carbons (Fsp3) is 0.375. The van der Waals surface area contributed by atoms with Crippen LogP contribution in [0.4, 0.5) is 0 Å². The molecule has 0 spiro atoms. The van der Waals surface area contributed by atoms with Crippen molar-refractivity contribution in [1.82, 2.24) is 5.32 Å². The van der Waals surface area contributed by atoms with E-state index in [4.69, 9.17) is 5.11 Å². The van der Waals surface area contributed by atoms with Gasteiger partial charge in [-0.3, -0.25) is 4.79 Å². The molecule has 0 saturated carbocycles. The fourth-order valence-corrected chi connectivity index (χ4v) is 0.531. The third-order valence-electron chi connectivity index (χ3n) is 1.11. The minimum absolute atomic E-state index is 0.0668. The van der Waals surface area contributed by atoms with Crippen molar-refractivity contribution < 1.29 is 9.90 Å². The van der Waals surface area contributed by atoms with Crippen LogP contribution in [0.2, 0.25) is 0 Å². The van der Waals surface area contributed by atoms with E-state index < -0.39 is 6.10 Å². The maximum absolute atomic E-state index is 10.8. The molecule has 0 aliphatic carbocycles. The van der Waals surface area contributed by atoms with Gasteiger partial charge >= 0.3 is 0 Å². The van der Waals surface area contributed by atoms with E-state index in [1.54, 1.807) is 6.08 Å². The Morgan fingerprint density at radius 2 is 2.27 bits per heavy atom. The van der Waals surface area contributed by atoms with E-state index in [2.05, 4.69) is 18.5 Å². The van der Waals surface area contributed by atoms with Crippen molar-refractivity contribution in [1.29, 1.82) is 0 Å². The maximum atomic E-state index is 10.8. The van der Waals surface area contributed by atoms with Gasteiger partial charge < -0.3 is 10.4 Å². The average molecular weight is 155 g/mol. The Hall–Kier alpha value is -1.09. The topological polar surface area (TPSA) is 49.3 Å². The standard InChI is InChI=1S/C8H13NO2/c1-3-5-9-8(11)6-7(10)4-2/h3-4,7,10H,1-2,5-6H2,(H,9,11). The van der Waals surface area contributed by atoms with Crippen molar-refractivity contribution in [2.24, 2.45) is 0 Å². The molecule has 0 aromatic heterocycles. The summed E-state index contributed by atoms with van der Waals surface area (Å²) in [6.07, 6.45) is 2.23. The zero-order valence-electron chi connectivity index (χ0n) is 6.42. The molecule has 0 bridgehead atoms. The van der Waals surface area contributed by atoms with Gasteiger partial charge in [0.05, 0.1) is 12.5 Å². The van der Waals surface area contributed by atoms with Crippen molar-refractivity contribution in [2.45, 2.75) is 12.5 Å². The summed E-state index contributed by atoms with van der Waals surface area (Å²) in [6.45, 7) is 7.21. The number of aliphatic hydroxyl groups excluding tert-OH is 1. The first-order valence-electron chi connectivity index (χ1n) is 3.39. The molecule has 0 aromatic carbocycles. The van der Waals surface area contributed by atoms with Crippen molar-refractivity contribution in [2.75, 3.05) is 6.54 Å². The van der Waals surface area contributed by atoms with E-state index in [0.717, 1.165) is 0 Å². The predicted octanol–water partition coefficient (Wildman–Crippen LogP) is 0.226. The van der Waals surface area contributed by atoms with Gasteiger partial charge in [0.1, 0.15) is 0 Å². The lowest BCUT2D eigenvalue weighted by Crippen LogP contribution is -2.26. The quantitative estimate of drug-likeness (QED) is 0.558. The molecule has 0 heterocycles. The molecule has 0 aromatic rings. The van der Waals surface area contributed by atoms with Gasteiger partial charge in [0.15, 0.2) is 0 Å². The lowest BCUT2D eigenvalue weighted by Gasteiger charge is -2.04. The summed E-state index contributed by atoms with van der Waals surface area (Å²) in [5, 5.41) is 11.5. The van der Waals surface area contributed by atoms with Gasteiger partial charge in [-0.1, -0.05) is 12.2 Å². The molecule has 11 heavy (non-hydrogen) atoms. The Kier molecular flexibility index (Phi) is 5.11. The summed E-state index contributed by atoms with van der Waals surface area (Å²) in [7, 11) is 0. The lowest BCUT2D eigenvalue weighted by molar-refractivity contribution is -0.122. The van der Waals surface area contributed by atoms with E-state index in [1.165, 1.54) is 6.08 Å². The summed E-state index contributed by atoms with van der Waals surface area (Å²) in [5.41, 5.74) is 0. The highest BCUT2D eigenvalue weighted by Gasteiger charge is 2.04. The summed E-state index contributed by atoms with van der Waals surface area (Å²) < 4.78 is 0. The molecule has 1 unspecified atom stereocenters. The average Bonchev–Trinajstić information content (AvgIpc) is 2.00. The van der Waals surface area contributed by atoms with Crippen LogP contribution in [0.25, 0.3) is 0 Å². The van der Waals surface area contributed by atoms with Crippen LogP contribution in [0.5, 0.6) is 0 Å². The number of hydrogen-bond donors (Lipinski definition) is 2. The van der Waals surface area contributed by atoms with Gasteiger partial charge in [0.2, 0.25) is 5.91 Å². The van der Waals surface area contributed by atoms with Gasteiger partial charge in [-0.15, -0.1) is 13.2 Å². The summed E-state index contributed by atoms with van der Waals surface area (Å²) in [6, 6.07) is 0. The van der Waals surface area contributed by atoms with Gasteiger partial charge in [-0.2, -0.15) is 0 Å². The molecule has 0 fully saturated rings.